The number of thiophene rings is 1. The van der Waals surface area contributed by atoms with E-state index in [4.69, 9.17) is 12.2 Å². The first-order chi connectivity index (χ1) is 7.50. The number of H-pyrrole nitrogens is 1. The van der Waals surface area contributed by atoms with Crippen LogP contribution in [-0.2, 0) is 0 Å². The standard InChI is InChI=1S/C10H12BrN3S2/c1-5(2)14-9(12-13-10(14)15)7-4-6(3)8(11)16-7/h4-5H,1-3H3,(H,13,15). The zero-order valence-electron chi connectivity index (χ0n) is 9.24. The van der Waals surface area contributed by atoms with Crippen LogP contribution in [0.1, 0.15) is 25.5 Å². The van der Waals surface area contributed by atoms with Crippen molar-refractivity contribution >= 4 is 39.5 Å². The molecule has 2 heterocycles. The molecule has 16 heavy (non-hydrogen) atoms. The predicted molar refractivity (Wildman–Crippen MR) is 73.5 cm³/mol. The molecule has 0 saturated carbocycles. The lowest BCUT2D eigenvalue weighted by molar-refractivity contribution is 0.597. The number of halogens is 1. The van der Waals surface area contributed by atoms with E-state index in [-0.39, 0.29) is 0 Å². The summed E-state index contributed by atoms with van der Waals surface area (Å²) in [5.41, 5.74) is 1.23. The number of aryl methyl sites for hydroxylation is 1. The zero-order valence-corrected chi connectivity index (χ0v) is 12.5. The summed E-state index contributed by atoms with van der Waals surface area (Å²) in [4.78, 5) is 1.13. The van der Waals surface area contributed by atoms with Gasteiger partial charge in [0, 0.05) is 6.04 Å². The van der Waals surface area contributed by atoms with E-state index in [9.17, 15) is 0 Å². The minimum atomic E-state index is 0.308. The van der Waals surface area contributed by atoms with E-state index < -0.39 is 0 Å². The van der Waals surface area contributed by atoms with Gasteiger partial charge >= 0.3 is 0 Å². The van der Waals surface area contributed by atoms with Crippen molar-refractivity contribution in [2.24, 2.45) is 0 Å². The first-order valence-electron chi connectivity index (χ1n) is 4.94. The van der Waals surface area contributed by atoms with E-state index in [1.807, 2.05) is 4.57 Å². The summed E-state index contributed by atoms with van der Waals surface area (Å²) in [5.74, 6) is 0.916. The maximum Gasteiger partial charge on any atom is 0.195 e. The zero-order chi connectivity index (χ0) is 11.9. The molecule has 0 spiro atoms. The Morgan fingerprint density at radius 1 is 1.56 bits per heavy atom. The molecule has 6 heteroatoms. The largest absolute Gasteiger partial charge is 0.297 e. The molecule has 0 radical (unpaired) electrons. The third-order valence-electron chi connectivity index (χ3n) is 2.30. The van der Waals surface area contributed by atoms with Crippen LogP contribution in [0.25, 0.3) is 10.7 Å². The Morgan fingerprint density at radius 3 is 2.75 bits per heavy atom. The molecule has 0 aliphatic carbocycles. The third kappa shape index (κ3) is 2.01. The lowest BCUT2D eigenvalue weighted by Crippen LogP contribution is -2.02. The topological polar surface area (TPSA) is 33.6 Å². The maximum absolute atomic E-state index is 5.23. The van der Waals surface area contributed by atoms with Crippen LogP contribution < -0.4 is 0 Å². The lowest BCUT2D eigenvalue weighted by atomic mass is 10.3. The summed E-state index contributed by atoms with van der Waals surface area (Å²) in [6.07, 6.45) is 0. The molecule has 0 atom stereocenters. The van der Waals surface area contributed by atoms with E-state index in [1.165, 1.54) is 5.56 Å². The van der Waals surface area contributed by atoms with Crippen molar-refractivity contribution < 1.29 is 0 Å². The Balaban J connectivity index is 2.60. The van der Waals surface area contributed by atoms with Crippen LogP contribution in [0.3, 0.4) is 0 Å². The van der Waals surface area contributed by atoms with Crippen molar-refractivity contribution in [3.05, 3.63) is 20.2 Å². The molecule has 0 aromatic carbocycles. The van der Waals surface area contributed by atoms with Crippen LogP contribution in [0.4, 0.5) is 0 Å². The second-order valence-corrected chi connectivity index (χ2v) is 6.64. The summed E-state index contributed by atoms with van der Waals surface area (Å²) in [6, 6.07) is 2.43. The van der Waals surface area contributed by atoms with Crippen molar-refractivity contribution in [3.63, 3.8) is 0 Å². The smallest absolute Gasteiger partial charge is 0.195 e. The summed E-state index contributed by atoms with van der Waals surface area (Å²) in [5, 5.41) is 7.15. The number of nitrogens with one attached hydrogen (secondary N) is 1. The summed E-state index contributed by atoms with van der Waals surface area (Å²) < 4.78 is 3.85. The van der Waals surface area contributed by atoms with Gasteiger partial charge in [-0.15, -0.1) is 11.3 Å². The van der Waals surface area contributed by atoms with Gasteiger partial charge in [0.25, 0.3) is 0 Å². The molecule has 0 amide bonds. The van der Waals surface area contributed by atoms with Gasteiger partial charge in [-0.1, -0.05) is 0 Å². The average molecular weight is 318 g/mol. The van der Waals surface area contributed by atoms with Crippen LogP contribution in [0.5, 0.6) is 0 Å². The van der Waals surface area contributed by atoms with Crippen molar-refractivity contribution in [2.75, 3.05) is 0 Å². The fourth-order valence-electron chi connectivity index (χ4n) is 1.53. The normalized spacial score (nSPS) is 11.3. The third-order valence-corrected chi connectivity index (χ3v) is 4.72. The van der Waals surface area contributed by atoms with E-state index in [0.717, 1.165) is 14.5 Å². The number of aromatic nitrogens is 3. The minimum Gasteiger partial charge on any atom is -0.297 e. The molecule has 0 saturated heterocycles. The van der Waals surface area contributed by atoms with Crippen molar-refractivity contribution in [3.8, 4) is 10.7 Å². The van der Waals surface area contributed by atoms with Gasteiger partial charge in [0.1, 0.15) is 0 Å². The predicted octanol–water partition coefficient (Wildman–Crippen LogP) is 4.32. The first-order valence-corrected chi connectivity index (χ1v) is 6.95. The van der Waals surface area contributed by atoms with Gasteiger partial charge in [0.15, 0.2) is 10.6 Å². The summed E-state index contributed by atoms with van der Waals surface area (Å²) >= 11 is 10.4. The Bertz CT molecular complexity index is 545. The molecule has 1 N–H and O–H groups in total. The van der Waals surface area contributed by atoms with E-state index in [2.05, 4.69) is 53.0 Å². The second-order valence-electron chi connectivity index (χ2n) is 3.88. The number of hydrogen-bond acceptors (Lipinski definition) is 3. The Morgan fingerprint density at radius 2 is 2.25 bits per heavy atom. The quantitative estimate of drug-likeness (QED) is 0.837. The molecule has 0 unspecified atom stereocenters. The molecule has 86 valence electrons. The second kappa shape index (κ2) is 4.43. The number of hydrogen-bond donors (Lipinski definition) is 1. The van der Waals surface area contributed by atoms with Crippen molar-refractivity contribution in [1.29, 1.82) is 0 Å². The van der Waals surface area contributed by atoms with Gasteiger partial charge in [-0.3, -0.25) is 9.67 Å². The van der Waals surface area contributed by atoms with Gasteiger partial charge in [0.2, 0.25) is 0 Å². The number of nitrogens with zero attached hydrogens (tertiary/aromatic N) is 2. The molecule has 3 nitrogen and oxygen atoms in total. The molecular weight excluding hydrogens is 306 g/mol. The van der Waals surface area contributed by atoms with E-state index in [0.29, 0.717) is 10.8 Å². The fraction of sp³-hybridized carbons (Fsp3) is 0.400. The van der Waals surface area contributed by atoms with E-state index >= 15 is 0 Å². The number of rotatable bonds is 2. The lowest BCUT2D eigenvalue weighted by Gasteiger charge is -2.08. The fourth-order valence-corrected chi connectivity index (χ4v) is 3.39. The molecule has 2 rings (SSSR count). The maximum atomic E-state index is 5.23. The molecule has 0 aliphatic heterocycles. The minimum absolute atomic E-state index is 0.308. The highest BCUT2D eigenvalue weighted by molar-refractivity contribution is 9.11. The molecular formula is C10H12BrN3S2. The highest BCUT2D eigenvalue weighted by Crippen LogP contribution is 2.34. The Labute approximate surface area is 112 Å². The van der Waals surface area contributed by atoms with Gasteiger partial charge in [-0.25, -0.2) is 0 Å². The first kappa shape index (κ1) is 12.0. The molecule has 0 fully saturated rings. The van der Waals surface area contributed by atoms with Gasteiger partial charge in [-0.2, -0.15) is 5.10 Å². The van der Waals surface area contributed by atoms with Crippen LogP contribution in [0.2, 0.25) is 0 Å². The summed E-state index contributed by atoms with van der Waals surface area (Å²) in [6.45, 7) is 6.28. The van der Waals surface area contributed by atoms with Crippen molar-refractivity contribution in [1.82, 2.24) is 14.8 Å². The molecule has 0 bridgehead atoms. The SMILES string of the molecule is Cc1cc(-c2n[nH]c(=S)n2C(C)C)sc1Br. The van der Waals surface area contributed by atoms with Crippen LogP contribution in [-0.4, -0.2) is 14.8 Å². The number of aromatic amines is 1. The summed E-state index contributed by atoms with van der Waals surface area (Å²) in [7, 11) is 0. The van der Waals surface area contributed by atoms with Crippen LogP contribution in [0.15, 0.2) is 9.85 Å². The van der Waals surface area contributed by atoms with Crippen molar-refractivity contribution in [2.45, 2.75) is 26.8 Å². The van der Waals surface area contributed by atoms with Crippen LogP contribution >= 0.6 is 39.5 Å². The molecule has 2 aromatic heterocycles. The highest BCUT2D eigenvalue weighted by Gasteiger charge is 2.14. The highest BCUT2D eigenvalue weighted by atomic mass is 79.9. The Hall–Kier alpha value is -0.460. The monoisotopic (exact) mass is 317 g/mol. The van der Waals surface area contributed by atoms with E-state index in [1.54, 1.807) is 11.3 Å². The van der Waals surface area contributed by atoms with Gasteiger partial charge in [0.05, 0.1) is 8.66 Å². The average Bonchev–Trinajstić information content (AvgIpc) is 2.71. The Kier molecular flexibility index (Phi) is 3.32. The molecule has 0 aliphatic rings. The van der Waals surface area contributed by atoms with Gasteiger partial charge < -0.3 is 0 Å². The van der Waals surface area contributed by atoms with Crippen LogP contribution in [0, 0.1) is 11.7 Å². The van der Waals surface area contributed by atoms with Gasteiger partial charge in [-0.05, 0) is 60.5 Å². The molecule has 2 aromatic rings.